The Morgan fingerprint density at radius 3 is 2.24 bits per heavy atom. The van der Waals surface area contributed by atoms with E-state index in [9.17, 15) is 24.0 Å². The zero-order valence-corrected chi connectivity index (χ0v) is 23.0. The number of aryl methyl sites for hydroxylation is 2. The number of hydrogen-bond donors (Lipinski definition) is 3. The number of nitrogens with two attached hydrogens (primary N) is 1. The highest BCUT2D eigenvalue weighted by Gasteiger charge is 2.39. The van der Waals surface area contributed by atoms with E-state index in [1.54, 1.807) is 40.7 Å². The zero-order chi connectivity index (χ0) is 28.5. The molecule has 0 heterocycles. The van der Waals surface area contributed by atoms with Gasteiger partial charge in [-0.25, -0.2) is 4.79 Å². The maximum atomic E-state index is 14.0. The van der Waals surface area contributed by atoms with Gasteiger partial charge in [-0.05, 0) is 59.1 Å². The molecule has 0 radical (unpaired) electrons. The van der Waals surface area contributed by atoms with Gasteiger partial charge in [-0.15, -0.1) is 0 Å². The molecule has 3 atom stereocenters. The van der Waals surface area contributed by atoms with Gasteiger partial charge in [0.2, 0.25) is 17.7 Å². The molecule has 4 amide bonds. The van der Waals surface area contributed by atoms with Crippen molar-refractivity contribution < 1.29 is 33.4 Å². The SMILES string of the molecule is CCC(C)N(C(=O)C(CC(N)=O)NC(=O)OC(C)(C)C)C(C(=O)NCC(=O)OC)c1cc(C)ccc1C. The van der Waals surface area contributed by atoms with Gasteiger partial charge in [0, 0.05) is 6.04 Å². The van der Waals surface area contributed by atoms with Gasteiger partial charge in [-0.1, -0.05) is 30.7 Å². The minimum atomic E-state index is -1.39. The van der Waals surface area contributed by atoms with Crippen LogP contribution >= 0.6 is 0 Å². The van der Waals surface area contributed by atoms with Gasteiger partial charge in [-0.2, -0.15) is 0 Å². The second-order valence-corrected chi connectivity index (χ2v) is 9.93. The van der Waals surface area contributed by atoms with Gasteiger partial charge < -0.3 is 30.7 Å². The summed E-state index contributed by atoms with van der Waals surface area (Å²) in [6.45, 7) is 11.8. The molecule has 3 unspecified atom stereocenters. The average molecular weight is 521 g/mol. The zero-order valence-electron chi connectivity index (χ0n) is 23.0. The second kappa shape index (κ2) is 13.6. The Balaban J connectivity index is 3.62. The third kappa shape index (κ3) is 9.74. The van der Waals surface area contributed by atoms with Crippen LogP contribution in [-0.2, 0) is 28.7 Å². The molecular formula is C26H40N4O7. The first-order chi connectivity index (χ1) is 17.1. The molecule has 0 aliphatic rings. The predicted octanol–water partition coefficient (Wildman–Crippen LogP) is 2.03. The Morgan fingerprint density at radius 2 is 1.73 bits per heavy atom. The largest absolute Gasteiger partial charge is 0.468 e. The molecule has 11 heteroatoms. The quantitative estimate of drug-likeness (QED) is 0.377. The number of ether oxygens (including phenoxy) is 2. The fourth-order valence-electron chi connectivity index (χ4n) is 3.63. The van der Waals surface area contributed by atoms with Gasteiger partial charge in [0.15, 0.2) is 0 Å². The number of rotatable bonds is 11. The molecule has 11 nitrogen and oxygen atoms in total. The number of nitrogens with zero attached hydrogens (tertiary/aromatic N) is 1. The van der Waals surface area contributed by atoms with Crippen molar-refractivity contribution in [1.29, 1.82) is 0 Å². The molecule has 4 N–H and O–H groups in total. The van der Waals surface area contributed by atoms with E-state index in [0.717, 1.165) is 11.1 Å². The molecule has 1 aromatic rings. The summed E-state index contributed by atoms with van der Waals surface area (Å²) in [5.74, 6) is -2.80. The lowest BCUT2D eigenvalue weighted by Crippen LogP contribution is -2.56. The molecule has 0 spiro atoms. The average Bonchev–Trinajstić information content (AvgIpc) is 2.79. The van der Waals surface area contributed by atoms with E-state index in [1.807, 2.05) is 26.0 Å². The van der Waals surface area contributed by atoms with E-state index in [-0.39, 0.29) is 0 Å². The standard InChI is InChI=1S/C26H40N4O7/c1-9-17(4)30(24(34)19(13-20(27)31)29-25(35)37-26(5,6)7)22(23(33)28-14-21(32)36-8)18-12-15(2)10-11-16(18)3/h10-12,17,19,22H,9,13-14H2,1-8H3,(H2,27,31)(H,28,33)(H,29,35). The lowest BCUT2D eigenvalue weighted by Gasteiger charge is -2.38. The Bertz CT molecular complexity index is 1000. The third-order valence-electron chi connectivity index (χ3n) is 5.61. The van der Waals surface area contributed by atoms with Crippen LogP contribution in [0.5, 0.6) is 0 Å². The Hall–Kier alpha value is -3.63. The van der Waals surface area contributed by atoms with Gasteiger partial charge >= 0.3 is 12.1 Å². The van der Waals surface area contributed by atoms with Crippen molar-refractivity contribution in [2.45, 2.75) is 85.0 Å². The van der Waals surface area contributed by atoms with Crippen LogP contribution in [0.1, 0.15) is 70.2 Å². The van der Waals surface area contributed by atoms with Crippen LogP contribution < -0.4 is 16.4 Å². The van der Waals surface area contributed by atoms with E-state index in [2.05, 4.69) is 15.4 Å². The summed E-state index contributed by atoms with van der Waals surface area (Å²) in [7, 11) is 1.20. The number of methoxy groups -OCH3 is 1. The monoisotopic (exact) mass is 520 g/mol. The van der Waals surface area contributed by atoms with Crippen LogP contribution in [0.15, 0.2) is 18.2 Å². The van der Waals surface area contributed by atoms with E-state index in [1.165, 1.54) is 12.0 Å². The van der Waals surface area contributed by atoms with Crippen LogP contribution in [0.3, 0.4) is 0 Å². The molecule has 37 heavy (non-hydrogen) atoms. The summed E-state index contributed by atoms with van der Waals surface area (Å²) < 4.78 is 9.89. The number of primary amides is 1. The van der Waals surface area contributed by atoms with Crippen molar-refractivity contribution in [3.63, 3.8) is 0 Å². The lowest BCUT2D eigenvalue weighted by molar-refractivity contribution is -0.147. The number of esters is 1. The summed E-state index contributed by atoms with van der Waals surface area (Å²) in [6.07, 6.45) is -0.962. The minimum Gasteiger partial charge on any atom is -0.468 e. The Morgan fingerprint density at radius 1 is 1.11 bits per heavy atom. The molecule has 0 aliphatic heterocycles. The molecule has 0 bridgehead atoms. The normalized spacial score (nSPS) is 13.5. The van der Waals surface area contributed by atoms with Crippen LogP contribution in [0, 0.1) is 13.8 Å². The highest BCUT2D eigenvalue weighted by atomic mass is 16.6. The van der Waals surface area contributed by atoms with E-state index in [4.69, 9.17) is 10.5 Å². The summed E-state index contributed by atoms with van der Waals surface area (Å²) in [5, 5.41) is 4.97. The van der Waals surface area contributed by atoms with Crippen LogP contribution in [0.2, 0.25) is 0 Å². The van der Waals surface area contributed by atoms with Crippen molar-refractivity contribution in [2.24, 2.45) is 5.73 Å². The van der Waals surface area contributed by atoms with Crippen molar-refractivity contribution in [1.82, 2.24) is 15.5 Å². The maximum absolute atomic E-state index is 14.0. The predicted molar refractivity (Wildman–Crippen MR) is 137 cm³/mol. The molecule has 0 aliphatic carbocycles. The Kier molecular flexibility index (Phi) is 11.6. The lowest BCUT2D eigenvalue weighted by atomic mass is 9.94. The summed E-state index contributed by atoms with van der Waals surface area (Å²) in [6, 6.07) is 2.41. The first-order valence-corrected chi connectivity index (χ1v) is 12.1. The van der Waals surface area contributed by atoms with Crippen molar-refractivity contribution in [3.05, 3.63) is 34.9 Å². The maximum Gasteiger partial charge on any atom is 0.408 e. The smallest absolute Gasteiger partial charge is 0.408 e. The minimum absolute atomic E-state index is 0.403. The molecule has 1 aromatic carbocycles. The number of nitrogens with one attached hydrogen (secondary N) is 2. The highest BCUT2D eigenvalue weighted by molar-refractivity contribution is 5.95. The molecule has 0 saturated heterocycles. The van der Waals surface area contributed by atoms with Gasteiger partial charge in [-0.3, -0.25) is 19.2 Å². The van der Waals surface area contributed by atoms with E-state index in [0.29, 0.717) is 12.0 Å². The Labute approximate surface area is 218 Å². The number of hydrogen-bond acceptors (Lipinski definition) is 7. The van der Waals surface area contributed by atoms with Gasteiger partial charge in [0.1, 0.15) is 24.2 Å². The molecular weight excluding hydrogens is 480 g/mol. The number of carbonyl (C=O) groups is 5. The summed E-state index contributed by atoms with van der Waals surface area (Å²) in [4.78, 5) is 64.9. The van der Waals surface area contributed by atoms with Gasteiger partial charge in [0.05, 0.1) is 13.5 Å². The first kappa shape index (κ1) is 31.4. The third-order valence-corrected chi connectivity index (χ3v) is 5.61. The van der Waals surface area contributed by atoms with Crippen LogP contribution in [0.25, 0.3) is 0 Å². The summed E-state index contributed by atoms with van der Waals surface area (Å²) in [5.41, 5.74) is 6.66. The molecule has 0 aromatic heterocycles. The molecule has 1 rings (SSSR count). The number of alkyl carbamates (subject to hydrolysis) is 1. The van der Waals surface area contributed by atoms with Crippen molar-refractivity contribution >= 4 is 29.8 Å². The fraction of sp³-hybridized carbons (Fsp3) is 0.577. The molecule has 0 fully saturated rings. The fourth-order valence-corrected chi connectivity index (χ4v) is 3.63. The number of carbonyl (C=O) groups excluding carboxylic acids is 5. The van der Waals surface area contributed by atoms with Crippen molar-refractivity contribution in [3.8, 4) is 0 Å². The van der Waals surface area contributed by atoms with Crippen molar-refractivity contribution in [2.75, 3.05) is 13.7 Å². The topological polar surface area (TPSA) is 157 Å². The van der Waals surface area contributed by atoms with E-state index >= 15 is 0 Å². The van der Waals surface area contributed by atoms with E-state index < -0.39 is 66.5 Å². The van der Waals surface area contributed by atoms with Crippen LogP contribution in [-0.4, -0.2) is 66.0 Å². The number of benzene rings is 1. The van der Waals surface area contributed by atoms with Crippen LogP contribution in [0.4, 0.5) is 4.79 Å². The highest BCUT2D eigenvalue weighted by Crippen LogP contribution is 2.29. The second-order valence-electron chi connectivity index (χ2n) is 9.93. The summed E-state index contributed by atoms with van der Waals surface area (Å²) >= 11 is 0. The number of amides is 4. The first-order valence-electron chi connectivity index (χ1n) is 12.1. The molecule has 0 saturated carbocycles. The molecule has 206 valence electrons. The van der Waals surface area contributed by atoms with Gasteiger partial charge in [0.25, 0.3) is 0 Å².